The summed E-state index contributed by atoms with van der Waals surface area (Å²) in [6, 6.07) is 4.69. The van der Waals surface area contributed by atoms with Crippen LogP contribution < -0.4 is 10.0 Å². The zero-order valence-electron chi connectivity index (χ0n) is 22.3. The van der Waals surface area contributed by atoms with Crippen molar-refractivity contribution in [3.05, 3.63) is 29.7 Å². The normalized spacial score (nSPS) is 18.0. The van der Waals surface area contributed by atoms with Gasteiger partial charge in [0, 0.05) is 18.8 Å². The van der Waals surface area contributed by atoms with Gasteiger partial charge in [-0.2, -0.15) is 0 Å². The molecule has 0 spiro atoms. The van der Waals surface area contributed by atoms with E-state index in [2.05, 4.69) is 47.5 Å². The van der Waals surface area contributed by atoms with Gasteiger partial charge in [-0.3, -0.25) is 9.71 Å². The standard InChI is InChI=1S/C28H41N7S/c1-18(2)22-13-14-29-23(15-22)28-34-27-25(35(28)17-20-9-6-5-7-10-20)26(31-19(3)21-11-8-12-21)32-24(33-27)16-30-36-4/h13-15,18-21,30H,5-12,16-17H2,1-4H3,(H,31,32,33). The highest BCUT2D eigenvalue weighted by molar-refractivity contribution is 7.96. The van der Waals surface area contributed by atoms with E-state index in [4.69, 9.17) is 19.9 Å². The molecule has 194 valence electrons. The van der Waals surface area contributed by atoms with Crippen molar-refractivity contribution in [1.82, 2.24) is 29.2 Å². The van der Waals surface area contributed by atoms with Gasteiger partial charge in [0.1, 0.15) is 17.0 Å². The van der Waals surface area contributed by atoms with Crippen LogP contribution >= 0.6 is 11.9 Å². The first kappa shape index (κ1) is 25.5. The molecule has 0 radical (unpaired) electrons. The summed E-state index contributed by atoms with van der Waals surface area (Å²) in [7, 11) is 0. The molecule has 2 saturated carbocycles. The van der Waals surface area contributed by atoms with Crippen molar-refractivity contribution in [2.45, 2.75) is 97.2 Å². The summed E-state index contributed by atoms with van der Waals surface area (Å²) in [4.78, 5) is 19.9. The number of nitrogens with zero attached hydrogens (tertiary/aromatic N) is 5. The summed E-state index contributed by atoms with van der Waals surface area (Å²) in [5.41, 5.74) is 4.01. The molecule has 3 aromatic heterocycles. The molecular formula is C28H41N7S. The van der Waals surface area contributed by atoms with Crippen LogP contribution in [0.25, 0.3) is 22.7 Å². The van der Waals surface area contributed by atoms with Gasteiger partial charge in [-0.05, 0) is 74.3 Å². The molecule has 7 nitrogen and oxygen atoms in total. The highest BCUT2D eigenvalue weighted by atomic mass is 32.2. The predicted molar refractivity (Wildman–Crippen MR) is 150 cm³/mol. The second kappa shape index (κ2) is 11.5. The van der Waals surface area contributed by atoms with Gasteiger partial charge in [0.15, 0.2) is 17.3 Å². The highest BCUT2D eigenvalue weighted by Gasteiger charge is 2.28. The van der Waals surface area contributed by atoms with Crippen LogP contribution in [0.2, 0.25) is 0 Å². The lowest BCUT2D eigenvalue weighted by Gasteiger charge is -2.32. The largest absolute Gasteiger partial charge is 0.365 e. The Kier molecular flexibility index (Phi) is 8.11. The van der Waals surface area contributed by atoms with Crippen molar-refractivity contribution in [2.75, 3.05) is 11.6 Å². The van der Waals surface area contributed by atoms with Crippen molar-refractivity contribution >= 4 is 28.9 Å². The van der Waals surface area contributed by atoms with Crippen LogP contribution in [0.1, 0.15) is 89.4 Å². The van der Waals surface area contributed by atoms with Crippen LogP contribution in [-0.4, -0.2) is 36.8 Å². The van der Waals surface area contributed by atoms with Crippen molar-refractivity contribution in [1.29, 1.82) is 0 Å². The molecule has 0 amide bonds. The van der Waals surface area contributed by atoms with Gasteiger partial charge in [-0.25, -0.2) is 15.0 Å². The van der Waals surface area contributed by atoms with Crippen LogP contribution in [0.15, 0.2) is 18.3 Å². The van der Waals surface area contributed by atoms with E-state index in [0.29, 0.717) is 30.3 Å². The second-order valence-corrected chi connectivity index (χ2v) is 11.7. The minimum atomic E-state index is 0.377. The van der Waals surface area contributed by atoms with E-state index < -0.39 is 0 Å². The summed E-state index contributed by atoms with van der Waals surface area (Å²) in [6.45, 7) is 8.30. The molecule has 8 heteroatoms. The monoisotopic (exact) mass is 507 g/mol. The molecule has 0 bridgehead atoms. The molecular weight excluding hydrogens is 466 g/mol. The number of hydrogen-bond donors (Lipinski definition) is 2. The Morgan fingerprint density at radius 2 is 1.83 bits per heavy atom. The quantitative estimate of drug-likeness (QED) is 0.301. The van der Waals surface area contributed by atoms with Crippen molar-refractivity contribution in [3.63, 3.8) is 0 Å². The summed E-state index contributed by atoms with van der Waals surface area (Å²) >= 11 is 1.59. The Bertz CT molecular complexity index is 1160. The van der Waals surface area contributed by atoms with Gasteiger partial charge in [-0.15, -0.1) is 0 Å². The van der Waals surface area contributed by atoms with Gasteiger partial charge < -0.3 is 9.88 Å². The number of aromatic nitrogens is 5. The molecule has 3 heterocycles. The Balaban J connectivity index is 1.64. The summed E-state index contributed by atoms with van der Waals surface area (Å²) < 4.78 is 5.70. The van der Waals surface area contributed by atoms with Gasteiger partial charge in [0.2, 0.25) is 0 Å². The van der Waals surface area contributed by atoms with Crippen LogP contribution in [0, 0.1) is 11.8 Å². The lowest BCUT2D eigenvalue weighted by molar-refractivity contribution is 0.285. The molecule has 2 fully saturated rings. The van der Waals surface area contributed by atoms with Crippen LogP contribution in [0.4, 0.5) is 5.82 Å². The van der Waals surface area contributed by atoms with Crippen LogP contribution in [-0.2, 0) is 13.1 Å². The van der Waals surface area contributed by atoms with Crippen molar-refractivity contribution in [2.24, 2.45) is 11.8 Å². The molecule has 1 atom stereocenters. The molecule has 0 saturated heterocycles. The Morgan fingerprint density at radius 3 is 2.53 bits per heavy atom. The maximum atomic E-state index is 5.14. The van der Waals surface area contributed by atoms with E-state index in [0.717, 1.165) is 40.9 Å². The Labute approximate surface area is 219 Å². The number of pyridine rings is 1. The maximum absolute atomic E-state index is 5.14. The van der Waals surface area contributed by atoms with E-state index in [-0.39, 0.29) is 0 Å². The van der Waals surface area contributed by atoms with Gasteiger partial charge >= 0.3 is 0 Å². The topological polar surface area (TPSA) is 80.6 Å². The third-order valence-corrected chi connectivity index (χ3v) is 8.52. The van der Waals surface area contributed by atoms with Gasteiger partial charge in [0.05, 0.1) is 6.54 Å². The number of hydrogen-bond acceptors (Lipinski definition) is 7. The van der Waals surface area contributed by atoms with Crippen molar-refractivity contribution < 1.29 is 0 Å². The van der Waals surface area contributed by atoms with E-state index >= 15 is 0 Å². The molecule has 36 heavy (non-hydrogen) atoms. The number of imidazole rings is 1. The predicted octanol–water partition coefficient (Wildman–Crippen LogP) is 6.56. The first-order valence-electron chi connectivity index (χ1n) is 13.8. The smallest absolute Gasteiger partial charge is 0.184 e. The zero-order chi connectivity index (χ0) is 25.1. The zero-order valence-corrected chi connectivity index (χ0v) is 23.1. The number of nitrogens with one attached hydrogen (secondary N) is 2. The Hall–Kier alpha value is -2.19. The first-order chi connectivity index (χ1) is 17.5. The third-order valence-electron chi connectivity index (χ3n) is 8.09. The minimum Gasteiger partial charge on any atom is -0.365 e. The lowest BCUT2D eigenvalue weighted by atomic mass is 9.80. The van der Waals surface area contributed by atoms with E-state index in [1.54, 1.807) is 11.9 Å². The maximum Gasteiger partial charge on any atom is 0.184 e. The molecule has 1 unspecified atom stereocenters. The van der Waals surface area contributed by atoms with Crippen LogP contribution in [0.5, 0.6) is 0 Å². The highest BCUT2D eigenvalue weighted by Crippen LogP contribution is 2.35. The molecule has 0 aromatic carbocycles. The average Bonchev–Trinajstić information content (AvgIpc) is 3.20. The number of rotatable bonds is 10. The van der Waals surface area contributed by atoms with E-state index in [9.17, 15) is 0 Å². The second-order valence-electron chi connectivity index (χ2n) is 11.0. The first-order valence-corrected chi connectivity index (χ1v) is 15.0. The molecule has 2 N–H and O–H groups in total. The van der Waals surface area contributed by atoms with E-state index in [1.807, 2.05) is 12.5 Å². The van der Waals surface area contributed by atoms with Gasteiger partial charge in [0.25, 0.3) is 0 Å². The molecule has 2 aliphatic carbocycles. The molecule has 2 aliphatic rings. The molecule has 3 aromatic rings. The Morgan fingerprint density at radius 1 is 1.03 bits per heavy atom. The van der Waals surface area contributed by atoms with Crippen LogP contribution in [0.3, 0.4) is 0 Å². The van der Waals surface area contributed by atoms with Gasteiger partial charge in [-0.1, -0.05) is 51.5 Å². The average molecular weight is 508 g/mol. The number of anilines is 1. The molecule has 5 rings (SSSR count). The fourth-order valence-corrected chi connectivity index (χ4v) is 5.87. The summed E-state index contributed by atoms with van der Waals surface area (Å²) in [5, 5.41) is 3.81. The fraction of sp³-hybridized carbons (Fsp3) is 0.643. The lowest BCUT2D eigenvalue weighted by Crippen LogP contribution is -2.31. The summed E-state index contributed by atoms with van der Waals surface area (Å²) in [6.07, 6.45) is 14.4. The number of fused-ring (bicyclic) bond motifs is 1. The molecule has 0 aliphatic heterocycles. The van der Waals surface area contributed by atoms with E-state index in [1.165, 1.54) is 56.9 Å². The fourth-order valence-electron chi connectivity index (χ4n) is 5.60. The minimum absolute atomic E-state index is 0.377. The van der Waals surface area contributed by atoms with Crippen molar-refractivity contribution in [3.8, 4) is 11.5 Å². The SMILES string of the molecule is CSNCc1nc(NC(C)C2CCC2)c2c(n1)nc(-c1cc(C(C)C)ccn1)n2CC1CCCCC1. The summed E-state index contributed by atoms with van der Waals surface area (Å²) in [5.74, 6) is 4.42. The third kappa shape index (κ3) is 5.54.